The van der Waals surface area contributed by atoms with Crippen LogP contribution in [0.15, 0.2) is 42.5 Å². The number of carbonyl (C=O) groups excluding carboxylic acids is 1. The number of sulfone groups is 1. The summed E-state index contributed by atoms with van der Waals surface area (Å²) in [6.45, 7) is 0.829. The largest absolute Gasteiger partial charge is 0.435 e. The van der Waals surface area contributed by atoms with E-state index in [1.54, 1.807) is 13.8 Å². The van der Waals surface area contributed by atoms with E-state index in [4.69, 9.17) is 16.6 Å². The van der Waals surface area contributed by atoms with Gasteiger partial charge in [-0.05, 0) is 88.1 Å². The third kappa shape index (κ3) is 9.03. The lowest BCUT2D eigenvalue weighted by atomic mass is 9.93. The van der Waals surface area contributed by atoms with Crippen molar-refractivity contribution in [3.05, 3.63) is 93.0 Å². The lowest BCUT2D eigenvalue weighted by molar-refractivity contribution is -0.142. The number of sulfonamides is 1. The number of carbonyl (C=O) groups is 1. The summed E-state index contributed by atoms with van der Waals surface area (Å²) in [5, 5.41) is 9.28. The third-order valence-corrected chi connectivity index (χ3v) is 15.9. The molecule has 2 fully saturated rings. The standard InChI is InChI=1S/C41H39ClF9N7O5S2/c1-39(2,65(62,63)23-5-6-23)11-10-22-4-7-24(25-8-9-28(42)33-35(25)57(17-30(45)46)55-38(33)56-64(3,60)61)34(52-22)29(14-19-12-20(43)15-21(44)13-19)53-31(59)18-58-37-32(36(54-58)41(49,50)51)26-16-27(26)40(37,47)48/h4,7-9,12-13,15,23,26-27,29-30H,5-6,10-11,14,16-18H2,1-3H3,(H,53,59)(H,55,56)/t26-,27+,29-/m0/s1. The van der Waals surface area contributed by atoms with Gasteiger partial charge in [0.2, 0.25) is 15.9 Å². The Balaban J connectivity index is 1.29. The summed E-state index contributed by atoms with van der Waals surface area (Å²) in [5.41, 5.74) is -3.53. The molecule has 8 rings (SSSR count). The number of nitrogens with one attached hydrogen (secondary N) is 2. The average molecular weight is 980 g/mol. The Morgan fingerprint density at radius 1 is 0.969 bits per heavy atom. The lowest BCUT2D eigenvalue weighted by Gasteiger charge is -2.26. The van der Waals surface area contributed by atoms with Gasteiger partial charge in [0.1, 0.15) is 30.4 Å². The molecule has 2 N–H and O–H groups in total. The molecule has 1 amide bonds. The van der Waals surface area contributed by atoms with Gasteiger partial charge < -0.3 is 5.32 Å². The number of fused-ring (bicyclic) bond motifs is 4. The van der Waals surface area contributed by atoms with Gasteiger partial charge in [0, 0.05) is 34.4 Å². The molecule has 0 spiro atoms. The fourth-order valence-electron chi connectivity index (χ4n) is 8.71. The third-order valence-electron chi connectivity index (χ3n) is 11.9. The Morgan fingerprint density at radius 3 is 2.25 bits per heavy atom. The molecule has 3 aromatic heterocycles. The van der Waals surface area contributed by atoms with Crippen LogP contribution in [0, 0.1) is 17.6 Å². The van der Waals surface area contributed by atoms with E-state index in [-0.39, 0.29) is 67.9 Å². The van der Waals surface area contributed by atoms with Crippen molar-refractivity contribution < 1.29 is 61.1 Å². The number of aryl methyl sites for hydroxylation is 1. The monoisotopic (exact) mass is 979 g/mol. The second-order valence-electron chi connectivity index (χ2n) is 17.3. The zero-order valence-corrected chi connectivity index (χ0v) is 36.8. The molecule has 0 bridgehead atoms. The Labute approximate surface area is 370 Å². The second-order valence-corrected chi connectivity index (χ2v) is 22.3. The van der Waals surface area contributed by atoms with Crippen LogP contribution in [-0.4, -0.2) is 70.0 Å². The summed E-state index contributed by atoms with van der Waals surface area (Å²) < 4.78 is 185. The van der Waals surface area contributed by atoms with Crippen LogP contribution in [-0.2, 0) is 62.7 Å². The maximum absolute atomic E-state index is 15.5. The molecule has 3 aliphatic carbocycles. The molecule has 0 saturated heterocycles. The van der Waals surface area contributed by atoms with Crippen LogP contribution in [0.25, 0.3) is 22.0 Å². The molecular weight excluding hydrogens is 941 g/mol. The van der Waals surface area contributed by atoms with Crippen LogP contribution >= 0.6 is 11.6 Å². The van der Waals surface area contributed by atoms with E-state index in [0.29, 0.717) is 18.9 Å². The van der Waals surface area contributed by atoms with Crippen molar-refractivity contribution in [3.8, 4) is 11.1 Å². The van der Waals surface area contributed by atoms with Crippen LogP contribution in [0.3, 0.4) is 0 Å². The molecule has 12 nitrogen and oxygen atoms in total. The number of benzene rings is 2. The summed E-state index contributed by atoms with van der Waals surface area (Å²) in [6.07, 6.45) is -7.13. The van der Waals surface area contributed by atoms with Crippen LogP contribution in [0.5, 0.6) is 0 Å². The van der Waals surface area contributed by atoms with Crippen LogP contribution in [0.1, 0.15) is 85.4 Å². The van der Waals surface area contributed by atoms with Crippen molar-refractivity contribution in [1.29, 1.82) is 0 Å². The first-order chi connectivity index (χ1) is 30.2. The number of rotatable bonds is 16. The van der Waals surface area contributed by atoms with Crippen molar-refractivity contribution in [2.45, 2.75) is 106 Å². The Bertz CT molecular complexity index is 2950. The van der Waals surface area contributed by atoms with E-state index in [2.05, 4.69) is 20.2 Å². The molecule has 65 heavy (non-hydrogen) atoms. The summed E-state index contributed by atoms with van der Waals surface area (Å²) in [5.74, 6) is -10.0. The topological polar surface area (TPSA) is 158 Å². The maximum Gasteiger partial charge on any atom is 0.435 e. The molecule has 0 radical (unpaired) electrons. The van der Waals surface area contributed by atoms with E-state index >= 15 is 8.78 Å². The Hall–Kier alpha value is -4.90. The van der Waals surface area contributed by atoms with E-state index < -0.39 is 126 Å². The summed E-state index contributed by atoms with van der Waals surface area (Å²) >= 11 is 6.56. The highest BCUT2D eigenvalue weighted by Gasteiger charge is 2.68. The minimum absolute atomic E-state index is 0.00745. The van der Waals surface area contributed by atoms with Gasteiger partial charge in [0.05, 0.1) is 43.9 Å². The minimum atomic E-state index is -5.15. The highest BCUT2D eigenvalue weighted by Crippen LogP contribution is 2.68. The smallest absolute Gasteiger partial charge is 0.346 e. The molecule has 3 aliphatic rings. The molecule has 350 valence electrons. The number of amides is 1. The zero-order chi connectivity index (χ0) is 47.3. The van der Waals surface area contributed by atoms with Crippen molar-refractivity contribution in [2.24, 2.45) is 5.92 Å². The number of anilines is 1. The number of halogens is 10. The molecule has 3 heterocycles. The molecule has 5 aromatic rings. The Morgan fingerprint density at radius 2 is 1.63 bits per heavy atom. The van der Waals surface area contributed by atoms with Crippen LogP contribution in [0.2, 0.25) is 5.02 Å². The molecular formula is C41H39ClF9N7O5S2. The molecule has 2 saturated carbocycles. The molecule has 24 heteroatoms. The van der Waals surface area contributed by atoms with Crippen LogP contribution < -0.4 is 10.0 Å². The maximum atomic E-state index is 15.5. The number of nitrogens with zero attached hydrogens (tertiary/aromatic N) is 5. The number of hydrogen-bond donors (Lipinski definition) is 2. The summed E-state index contributed by atoms with van der Waals surface area (Å²) in [6, 6.07) is 6.40. The van der Waals surface area contributed by atoms with Gasteiger partial charge in [0.25, 0.3) is 12.3 Å². The number of pyridine rings is 1. The van der Waals surface area contributed by atoms with E-state index in [1.165, 1.54) is 24.3 Å². The van der Waals surface area contributed by atoms with Crippen LogP contribution in [0.4, 0.5) is 45.3 Å². The first kappa shape index (κ1) is 46.6. The number of hydrogen-bond acceptors (Lipinski definition) is 8. The van der Waals surface area contributed by atoms with E-state index in [0.717, 1.165) is 23.1 Å². The second kappa shape index (κ2) is 16.2. The molecule has 0 aliphatic heterocycles. The van der Waals surface area contributed by atoms with Gasteiger partial charge in [0.15, 0.2) is 21.3 Å². The predicted octanol–water partition coefficient (Wildman–Crippen LogP) is 8.48. The van der Waals surface area contributed by atoms with Gasteiger partial charge in [-0.25, -0.2) is 34.4 Å². The first-order valence-corrected chi connectivity index (χ1v) is 24.0. The molecule has 0 unspecified atom stereocenters. The van der Waals surface area contributed by atoms with Crippen molar-refractivity contribution in [2.75, 3.05) is 11.0 Å². The van der Waals surface area contributed by atoms with Gasteiger partial charge in [-0.3, -0.25) is 23.9 Å². The Kier molecular flexibility index (Phi) is 11.6. The normalized spacial score (nSPS) is 18.8. The van der Waals surface area contributed by atoms with Crippen molar-refractivity contribution in [3.63, 3.8) is 0 Å². The quantitative estimate of drug-likeness (QED) is 0.0933. The summed E-state index contributed by atoms with van der Waals surface area (Å²) in [7, 11) is -7.69. The van der Waals surface area contributed by atoms with Crippen molar-refractivity contribution >= 4 is 54.1 Å². The van der Waals surface area contributed by atoms with Gasteiger partial charge in [-0.1, -0.05) is 23.7 Å². The van der Waals surface area contributed by atoms with Gasteiger partial charge in [-0.15, -0.1) is 0 Å². The summed E-state index contributed by atoms with van der Waals surface area (Å²) in [4.78, 5) is 18.9. The fraction of sp³-hybridized carbons (Fsp3) is 0.463. The molecule has 2 aromatic carbocycles. The number of alkyl halides is 7. The minimum Gasteiger partial charge on any atom is -0.346 e. The van der Waals surface area contributed by atoms with Crippen molar-refractivity contribution in [1.82, 2.24) is 29.9 Å². The van der Waals surface area contributed by atoms with E-state index in [1.807, 2.05) is 0 Å². The van der Waals surface area contributed by atoms with E-state index in [9.17, 15) is 52.4 Å². The highest BCUT2D eigenvalue weighted by atomic mass is 35.5. The SMILES string of the molecule is CC(C)(CCc1ccc(-c2ccc(Cl)c3c(NS(C)(=O)=O)nn(CC(F)F)c23)c([C@H](Cc2cc(F)cc(F)c2)NC(=O)Cn2nc(C(F)(F)F)c3c2C(F)(F)[C@@H]2C[C@H]32)n1)S(=O)(=O)C1CC1. The fourth-order valence-corrected chi connectivity index (χ4v) is 11.5. The predicted molar refractivity (Wildman–Crippen MR) is 220 cm³/mol. The first-order valence-electron chi connectivity index (χ1n) is 20.2. The lowest BCUT2D eigenvalue weighted by Crippen LogP contribution is -2.36. The average Bonchev–Trinajstić information content (AvgIpc) is 4.10. The molecule has 3 atom stereocenters. The van der Waals surface area contributed by atoms with Gasteiger partial charge in [-0.2, -0.15) is 32.1 Å². The van der Waals surface area contributed by atoms with Gasteiger partial charge >= 0.3 is 6.18 Å². The number of aromatic nitrogens is 5. The zero-order valence-electron chi connectivity index (χ0n) is 34.5. The highest BCUT2D eigenvalue weighted by molar-refractivity contribution is 7.93.